The van der Waals surface area contributed by atoms with Gasteiger partial charge in [-0.3, -0.25) is 0 Å². The lowest BCUT2D eigenvalue weighted by molar-refractivity contribution is 0.164. The van der Waals surface area contributed by atoms with Gasteiger partial charge in [0.25, 0.3) is 0 Å². The van der Waals surface area contributed by atoms with Crippen molar-refractivity contribution in [1.29, 1.82) is 0 Å². The van der Waals surface area contributed by atoms with Crippen LogP contribution in [-0.2, 0) is 11.2 Å². The predicted molar refractivity (Wildman–Crippen MR) is 117 cm³/mol. The van der Waals surface area contributed by atoms with Crippen LogP contribution < -0.4 is 4.74 Å². The van der Waals surface area contributed by atoms with Crippen LogP contribution in [0, 0.1) is 6.92 Å². The summed E-state index contributed by atoms with van der Waals surface area (Å²) in [5, 5.41) is 0. The third kappa shape index (κ3) is 3.66. The summed E-state index contributed by atoms with van der Waals surface area (Å²) in [6.45, 7) is 11.6. The number of hydrogen-bond donors (Lipinski definition) is 0. The molecule has 0 fully saturated rings. The highest BCUT2D eigenvalue weighted by molar-refractivity contribution is 5.85. The van der Waals surface area contributed by atoms with Gasteiger partial charge in [-0.2, -0.15) is 0 Å². The summed E-state index contributed by atoms with van der Waals surface area (Å²) in [6, 6.07) is 9.03. The maximum atomic E-state index is 5.75. The Morgan fingerprint density at radius 1 is 1.11 bits per heavy atom. The molecule has 0 aliphatic rings. The summed E-state index contributed by atoms with van der Waals surface area (Å²) in [5.41, 5.74) is 7.97. The number of rotatable bonds is 7. The first kappa shape index (κ1) is 20.4. The Morgan fingerprint density at radius 2 is 1.86 bits per heavy atom. The van der Waals surface area contributed by atoms with Crippen molar-refractivity contribution in [3.8, 4) is 17.0 Å². The monoisotopic (exact) mass is 380 g/mol. The molecule has 1 aromatic carbocycles. The van der Waals surface area contributed by atoms with Crippen molar-refractivity contribution in [1.82, 2.24) is 9.55 Å². The van der Waals surface area contributed by atoms with Crippen molar-refractivity contribution in [2.75, 3.05) is 20.8 Å². The lowest BCUT2D eigenvalue weighted by Crippen LogP contribution is -2.10. The minimum absolute atomic E-state index is 0.262. The molecule has 0 bridgehead atoms. The summed E-state index contributed by atoms with van der Waals surface area (Å²) in [6.07, 6.45) is 3.10. The summed E-state index contributed by atoms with van der Waals surface area (Å²) in [7, 11) is 3.48. The van der Waals surface area contributed by atoms with Crippen LogP contribution in [0.1, 0.15) is 56.3 Å². The van der Waals surface area contributed by atoms with Gasteiger partial charge in [-0.05, 0) is 61.1 Å². The van der Waals surface area contributed by atoms with Crippen LogP contribution >= 0.6 is 0 Å². The first-order valence-electron chi connectivity index (χ1n) is 10.1. The van der Waals surface area contributed by atoms with Gasteiger partial charge in [0.1, 0.15) is 5.75 Å². The van der Waals surface area contributed by atoms with Crippen LogP contribution in [-0.4, -0.2) is 30.4 Å². The number of hydrogen-bond acceptors (Lipinski definition) is 3. The molecule has 0 aliphatic carbocycles. The fraction of sp³-hybridized carbons (Fsp3) is 0.458. The molecule has 0 amide bonds. The van der Waals surface area contributed by atoms with E-state index in [4.69, 9.17) is 14.5 Å². The molecule has 0 N–H and O–H groups in total. The number of ether oxygens (including phenoxy) is 2. The molecule has 3 rings (SSSR count). The standard InChI is InChI=1S/C24H32N2O2/c1-8-18-11-21-23(16(4)13-26(21)17(5)14-27-6)25-24(18)20-10-9-19(15(2)3)12-22(20)28-7/h9-13,15,17H,8,14H2,1-7H3/t17-/m1/s1. The van der Waals surface area contributed by atoms with E-state index in [9.17, 15) is 0 Å². The Labute approximate surface area is 168 Å². The van der Waals surface area contributed by atoms with E-state index in [1.807, 2.05) is 0 Å². The van der Waals surface area contributed by atoms with E-state index in [1.54, 1.807) is 14.2 Å². The van der Waals surface area contributed by atoms with Crippen molar-refractivity contribution in [2.24, 2.45) is 0 Å². The molecule has 4 nitrogen and oxygen atoms in total. The molecule has 2 aromatic heterocycles. The van der Waals surface area contributed by atoms with E-state index in [0.29, 0.717) is 12.5 Å². The third-order valence-corrected chi connectivity index (χ3v) is 5.48. The smallest absolute Gasteiger partial charge is 0.128 e. The Kier molecular flexibility index (Phi) is 6.09. The Balaban J connectivity index is 2.21. The second kappa shape index (κ2) is 8.36. The number of pyridine rings is 1. The first-order valence-corrected chi connectivity index (χ1v) is 10.1. The normalized spacial score (nSPS) is 12.7. The average Bonchev–Trinajstić information content (AvgIpc) is 3.02. The molecule has 0 aliphatic heterocycles. The quantitative estimate of drug-likeness (QED) is 0.511. The van der Waals surface area contributed by atoms with Crippen LogP contribution in [0.25, 0.3) is 22.3 Å². The maximum Gasteiger partial charge on any atom is 0.128 e. The van der Waals surface area contributed by atoms with Gasteiger partial charge in [0.05, 0.1) is 36.5 Å². The SMILES string of the molecule is CCc1cc2c(nc1-c1ccc(C(C)C)cc1OC)c(C)cn2[C@H](C)COC. The topological polar surface area (TPSA) is 36.3 Å². The molecule has 150 valence electrons. The Morgan fingerprint density at radius 3 is 2.46 bits per heavy atom. The fourth-order valence-electron chi connectivity index (χ4n) is 3.82. The Bertz CT molecular complexity index is 972. The van der Waals surface area contributed by atoms with E-state index >= 15 is 0 Å². The Hall–Kier alpha value is -2.33. The van der Waals surface area contributed by atoms with E-state index in [2.05, 4.69) is 69.6 Å². The summed E-state index contributed by atoms with van der Waals surface area (Å²) in [4.78, 5) is 5.12. The molecular formula is C24H32N2O2. The molecule has 28 heavy (non-hydrogen) atoms. The molecule has 3 aromatic rings. The molecule has 0 radical (unpaired) electrons. The number of aromatic nitrogens is 2. The highest BCUT2D eigenvalue weighted by Crippen LogP contribution is 2.36. The number of aryl methyl sites for hydroxylation is 2. The van der Waals surface area contributed by atoms with Gasteiger partial charge < -0.3 is 14.0 Å². The van der Waals surface area contributed by atoms with Gasteiger partial charge in [0, 0.05) is 18.9 Å². The first-order chi connectivity index (χ1) is 13.4. The van der Waals surface area contributed by atoms with Gasteiger partial charge in [-0.25, -0.2) is 4.98 Å². The van der Waals surface area contributed by atoms with Crippen LogP contribution in [0.5, 0.6) is 5.75 Å². The summed E-state index contributed by atoms with van der Waals surface area (Å²) in [5.74, 6) is 1.35. The number of fused-ring (bicyclic) bond motifs is 1. The summed E-state index contributed by atoms with van der Waals surface area (Å²) >= 11 is 0. The van der Waals surface area contributed by atoms with Crippen molar-refractivity contribution in [2.45, 2.75) is 53.0 Å². The zero-order valence-corrected chi connectivity index (χ0v) is 18.2. The van der Waals surface area contributed by atoms with Crippen molar-refractivity contribution in [3.05, 3.63) is 47.2 Å². The zero-order chi connectivity index (χ0) is 20.4. The lowest BCUT2D eigenvalue weighted by atomic mass is 9.97. The number of methoxy groups -OCH3 is 2. The van der Waals surface area contributed by atoms with E-state index < -0.39 is 0 Å². The molecule has 0 saturated heterocycles. The largest absolute Gasteiger partial charge is 0.496 e. The highest BCUT2D eigenvalue weighted by atomic mass is 16.5. The fourth-order valence-corrected chi connectivity index (χ4v) is 3.82. The molecule has 2 heterocycles. The van der Waals surface area contributed by atoms with Crippen molar-refractivity contribution in [3.63, 3.8) is 0 Å². The molecule has 0 spiro atoms. The molecule has 1 atom stereocenters. The maximum absolute atomic E-state index is 5.75. The second-order valence-corrected chi connectivity index (χ2v) is 7.86. The van der Waals surface area contributed by atoms with E-state index in [1.165, 1.54) is 22.2 Å². The summed E-state index contributed by atoms with van der Waals surface area (Å²) < 4.78 is 13.4. The minimum Gasteiger partial charge on any atom is -0.496 e. The van der Waals surface area contributed by atoms with Gasteiger partial charge >= 0.3 is 0 Å². The third-order valence-electron chi connectivity index (χ3n) is 5.48. The van der Waals surface area contributed by atoms with Gasteiger partial charge in [0.15, 0.2) is 0 Å². The van der Waals surface area contributed by atoms with Crippen LogP contribution in [0.15, 0.2) is 30.5 Å². The predicted octanol–water partition coefficient (Wildman–Crippen LogP) is 5.91. The van der Waals surface area contributed by atoms with Crippen LogP contribution in [0.4, 0.5) is 0 Å². The second-order valence-electron chi connectivity index (χ2n) is 7.86. The van der Waals surface area contributed by atoms with Gasteiger partial charge in [0.2, 0.25) is 0 Å². The van der Waals surface area contributed by atoms with Crippen molar-refractivity contribution >= 4 is 11.0 Å². The molecule has 4 heteroatoms. The van der Waals surface area contributed by atoms with Crippen LogP contribution in [0.2, 0.25) is 0 Å². The minimum atomic E-state index is 0.262. The highest BCUT2D eigenvalue weighted by Gasteiger charge is 2.18. The van der Waals surface area contributed by atoms with Gasteiger partial charge in [-0.1, -0.05) is 26.8 Å². The average molecular weight is 381 g/mol. The molecule has 0 saturated carbocycles. The van der Waals surface area contributed by atoms with E-state index in [0.717, 1.165) is 28.9 Å². The number of benzene rings is 1. The van der Waals surface area contributed by atoms with Gasteiger partial charge in [-0.15, -0.1) is 0 Å². The molecule has 0 unspecified atom stereocenters. The van der Waals surface area contributed by atoms with Crippen molar-refractivity contribution < 1.29 is 9.47 Å². The van der Waals surface area contributed by atoms with Crippen LogP contribution in [0.3, 0.4) is 0 Å². The lowest BCUT2D eigenvalue weighted by Gasteiger charge is -2.17. The van der Waals surface area contributed by atoms with E-state index in [-0.39, 0.29) is 6.04 Å². The number of nitrogens with zero attached hydrogens (tertiary/aromatic N) is 2. The zero-order valence-electron chi connectivity index (χ0n) is 18.2. The molecular weight excluding hydrogens is 348 g/mol.